The van der Waals surface area contributed by atoms with E-state index >= 15 is 0 Å². The van der Waals surface area contributed by atoms with Crippen LogP contribution in [0.1, 0.15) is 37.6 Å². The molecule has 1 amide bonds. The van der Waals surface area contributed by atoms with Crippen molar-refractivity contribution in [2.75, 3.05) is 11.2 Å². The highest BCUT2D eigenvalue weighted by atomic mass is 35.5. The van der Waals surface area contributed by atoms with Crippen molar-refractivity contribution in [3.8, 4) is 0 Å². The molecule has 1 aromatic heterocycles. The molecule has 1 N–H and O–H groups in total. The molecule has 15 heavy (non-hydrogen) atoms. The predicted octanol–water partition coefficient (Wildman–Crippen LogP) is 2.62. The molecule has 1 aromatic rings. The first-order chi connectivity index (χ1) is 7.21. The Morgan fingerprint density at radius 3 is 2.67 bits per heavy atom. The molecule has 84 valence electrons. The topological polar surface area (TPSA) is 54.9 Å². The second kappa shape index (κ2) is 6.02. The van der Waals surface area contributed by atoms with E-state index in [1.165, 1.54) is 11.3 Å². The molecule has 1 rings (SSSR count). The molecule has 6 heteroatoms. The Labute approximate surface area is 98.0 Å². The molecule has 0 saturated heterocycles. The minimum atomic E-state index is -0.246. The Bertz CT molecular complexity index is 325. The van der Waals surface area contributed by atoms with Crippen molar-refractivity contribution in [3.63, 3.8) is 0 Å². The molecular weight excluding hydrogens is 234 g/mol. The summed E-state index contributed by atoms with van der Waals surface area (Å²) >= 11 is 6.79. The lowest BCUT2D eigenvalue weighted by Gasteiger charge is -2.05. The van der Waals surface area contributed by atoms with E-state index in [0.717, 1.165) is 17.8 Å². The number of anilines is 1. The third kappa shape index (κ3) is 3.43. The predicted molar refractivity (Wildman–Crippen MR) is 62.6 cm³/mol. The van der Waals surface area contributed by atoms with Crippen LogP contribution in [0.5, 0.6) is 0 Å². The summed E-state index contributed by atoms with van der Waals surface area (Å²) in [5.41, 5.74) is 0. The maximum absolute atomic E-state index is 11.0. The number of carbonyl (C=O) groups excluding carboxylic acids is 1. The van der Waals surface area contributed by atoms with E-state index < -0.39 is 0 Å². The van der Waals surface area contributed by atoms with Crippen molar-refractivity contribution in [2.24, 2.45) is 0 Å². The highest BCUT2D eigenvalue weighted by Gasteiger charge is 2.13. The van der Waals surface area contributed by atoms with Crippen LogP contribution >= 0.6 is 22.9 Å². The van der Waals surface area contributed by atoms with Gasteiger partial charge < -0.3 is 0 Å². The van der Waals surface area contributed by atoms with Gasteiger partial charge in [-0.3, -0.25) is 10.1 Å². The quantitative estimate of drug-likeness (QED) is 0.814. The van der Waals surface area contributed by atoms with Crippen molar-refractivity contribution in [1.29, 1.82) is 0 Å². The summed E-state index contributed by atoms with van der Waals surface area (Å²) in [6.07, 6.45) is 2.07. The third-order valence-electron chi connectivity index (χ3n) is 2.14. The van der Waals surface area contributed by atoms with Crippen LogP contribution in [-0.4, -0.2) is 22.0 Å². The normalized spacial score (nSPS) is 10.7. The summed E-state index contributed by atoms with van der Waals surface area (Å²) in [4.78, 5) is 11.0. The second-order valence-corrected chi connectivity index (χ2v) is 4.42. The molecule has 0 bridgehead atoms. The number of amides is 1. The maximum Gasteiger partial charge on any atom is 0.241 e. The van der Waals surface area contributed by atoms with E-state index in [-0.39, 0.29) is 11.8 Å². The molecule has 0 spiro atoms. The van der Waals surface area contributed by atoms with Crippen molar-refractivity contribution in [2.45, 2.75) is 32.6 Å². The molecule has 0 atom stereocenters. The van der Waals surface area contributed by atoms with E-state index in [4.69, 9.17) is 11.6 Å². The largest absolute Gasteiger partial charge is 0.299 e. The molecule has 0 aliphatic carbocycles. The fraction of sp³-hybridized carbons (Fsp3) is 0.667. The van der Waals surface area contributed by atoms with Gasteiger partial charge >= 0.3 is 0 Å². The maximum atomic E-state index is 11.0. The Kier molecular flexibility index (Phi) is 4.98. The van der Waals surface area contributed by atoms with Crippen molar-refractivity contribution in [3.05, 3.63) is 5.01 Å². The highest BCUT2D eigenvalue weighted by Crippen LogP contribution is 2.27. The molecule has 0 radical (unpaired) electrons. The van der Waals surface area contributed by atoms with Gasteiger partial charge in [-0.25, -0.2) is 0 Å². The van der Waals surface area contributed by atoms with E-state index in [2.05, 4.69) is 29.4 Å². The first-order valence-corrected chi connectivity index (χ1v) is 6.25. The van der Waals surface area contributed by atoms with Crippen LogP contribution in [0.25, 0.3) is 0 Å². The number of rotatable bonds is 5. The SMILES string of the molecule is CCC(CC)c1nnc(NC(=O)CCl)s1. The Morgan fingerprint density at radius 2 is 2.13 bits per heavy atom. The molecule has 0 saturated carbocycles. The summed E-state index contributed by atoms with van der Waals surface area (Å²) in [5.74, 6) is 0.132. The van der Waals surface area contributed by atoms with Crippen LogP contribution in [0.3, 0.4) is 0 Å². The summed E-state index contributed by atoms with van der Waals surface area (Å²) < 4.78 is 0. The fourth-order valence-electron chi connectivity index (χ4n) is 1.24. The van der Waals surface area contributed by atoms with Gasteiger partial charge in [0, 0.05) is 5.92 Å². The van der Waals surface area contributed by atoms with E-state index in [9.17, 15) is 4.79 Å². The summed E-state index contributed by atoms with van der Waals surface area (Å²) in [5, 5.41) is 12.1. The van der Waals surface area contributed by atoms with Crippen LogP contribution in [0.4, 0.5) is 5.13 Å². The molecule has 0 unspecified atom stereocenters. The molecule has 0 aliphatic heterocycles. The standard InChI is InChI=1S/C9H14ClN3OS/c1-3-6(4-2)8-12-13-9(15-8)11-7(14)5-10/h6H,3-5H2,1-2H3,(H,11,13,14). The third-order valence-corrected chi connectivity index (χ3v) is 3.39. The van der Waals surface area contributed by atoms with Crippen molar-refractivity contribution < 1.29 is 4.79 Å². The average Bonchev–Trinajstić information content (AvgIpc) is 2.68. The Morgan fingerprint density at radius 1 is 1.47 bits per heavy atom. The van der Waals surface area contributed by atoms with Crippen molar-refractivity contribution >= 4 is 34.0 Å². The van der Waals surface area contributed by atoms with Gasteiger partial charge in [-0.05, 0) is 12.8 Å². The van der Waals surface area contributed by atoms with Crippen LogP contribution in [0.2, 0.25) is 0 Å². The minimum Gasteiger partial charge on any atom is -0.299 e. The van der Waals surface area contributed by atoms with Crippen LogP contribution in [0, 0.1) is 0 Å². The summed E-state index contributed by atoms with van der Waals surface area (Å²) in [6.45, 7) is 4.24. The van der Waals surface area contributed by atoms with E-state index in [1.807, 2.05) is 0 Å². The first kappa shape index (κ1) is 12.4. The van der Waals surface area contributed by atoms with Gasteiger partial charge in [0.2, 0.25) is 11.0 Å². The number of nitrogens with one attached hydrogen (secondary N) is 1. The van der Waals surface area contributed by atoms with Gasteiger partial charge in [-0.15, -0.1) is 21.8 Å². The number of hydrogen-bond donors (Lipinski definition) is 1. The number of halogens is 1. The number of nitrogens with zero attached hydrogens (tertiary/aromatic N) is 2. The summed E-state index contributed by atoms with van der Waals surface area (Å²) in [7, 11) is 0. The van der Waals surface area contributed by atoms with Gasteiger partial charge in [-0.2, -0.15) is 0 Å². The van der Waals surface area contributed by atoms with Gasteiger partial charge in [0.25, 0.3) is 0 Å². The molecule has 0 aliphatic rings. The van der Waals surface area contributed by atoms with Crippen molar-refractivity contribution in [1.82, 2.24) is 10.2 Å². The minimum absolute atomic E-state index is 0.0557. The monoisotopic (exact) mass is 247 g/mol. The van der Waals surface area contributed by atoms with E-state index in [0.29, 0.717) is 11.0 Å². The lowest BCUT2D eigenvalue weighted by Crippen LogP contribution is -2.12. The molecular formula is C9H14ClN3OS. The van der Waals surface area contributed by atoms with E-state index in [1.54, 1.807) is 0 Å². The van der Waals surface area contributed by atoms with Crippen LogP contribution in [0.15, 0.2) is 0 Å². The zero-order chi connectivity index (χ0) is 11.3. The Hall–Kier alpha value is -0.680. The smallest absolute Gasteiger partial charge is 0.241 e. The number of carbonyl (C=O) groups is 1. The molecule has 4 nitrogen and oxygen atoms in total. The van der Waals surface area contributed by atoms with Gasteiger partial charge in [0.05, 0.1) is 0 Å². The lowest BCUT2D eigenvalue weighted by molar-refractivity contribution is -0.113. The van der Waals surface area contributed by atoms with Gasteiger partial charge in [0.15, 0.2) is 0 Å². The van der Waals surface area contributed by atoms with Gasteiger partial charge in [0.1, 0.15) is 10.9 Å². The highest BCUT2D eigenvalue weighted by molar-refractivity contribution is 7.15. The summed E-state index contributed by atoms with van der Waals surface area (Å²) in [6, 6.07) is 0. The van der Waals surface area contributed by atoms with Gasteiger partial charge in [-0.1, -0.05) is 25.2 Å². The average molecular weight is 248 g/mol. The second-order valence-electron chi connectivity index (χ2n) is 3.14. The first-order valence-electron chi connectivity index (χ1n) is 4.90. The lowest BCUT2D eigenvalue weighted by atomic mass is 10.1. The Balaban J connectivity index is 2.67. The van der Waals surface area contributed by atoms with Crippen LogP contribution < -0.4 is 5.32 Å². The number of aromatic nitrogens is 2. The molecule has 0 fully saturated rings. The van der Waals surface area contributed by atoms with Crippen LogP contribution in [-0.2, 0) is 4.79 Å². The number of alkyl halides is 1. The molecule has 1 heterocycles. The molecule has 0 aromatic carbocycles. The zero-order valence-electron chi connectivity index (χ0n) is 8.79. The zero-order valence-corrected chi connectivity index (χ0v) is 10.4. The number of hydrogen-bond acceptors (Lipinski definition) is 4. The fourth-order valence-corrected chi connectivity index (χ4v) is 2.33.